The predicted octanol–water partition coefficient (Wildman–Crippen LogP) is 2.73. The number of hydrogen-bond acceptors (Lipinski definition) is 4. The van der Waals surface area contributed by atoms with E-state index in [0.29, 0.717) is 17.9 Å². The Balaban J connectivity index is 2.40. The molecule has 1 N–H and O–H groups in total. The minimum Gasteiger partial charge on any atom is -0.384 e. The minimum absolute atomic E-state index is 0.185. The van der Waals surface area contributed by atoms with E-state index < -0.39 is 10.0 Å². The number of pyridine rings is 1. The molecule has 0 aliphatic heterocycles. The van der Waals surface area contributed by atoms with Crippen molar-refractivity contribution in [1.29, 1.82) is 0 Å². The summed E-state index contributed by atoms with van der Waals surface area (Å²) in [5.74, 6) is 0. The third kappa shape index (κ3) is 3.33. The lowest BCUT2D eigenvalue weighted by Gasteiger charge is -2.21. The van der Waals surface area contributed by atoms with Crippen molar-refractivity contribution in [3.05, 3.63) is 48.8 Å². The van der Waals surface area contributed by atoms with Gasteiger partial charge in [-0.05, 0) is 24.6 Å². The monoisotopic (exact) mass is 305 g/mol. The van der Waals surface area contributed by atoms with Gasteiger partial charge in [-0.15, -0.1) is 0 Å². The third-order valence-corrected chi connectivity index (χ3v) is 4.92. The molecular weight excluding hydrogens is 286 g/mol. The molecule has 2 aromatic rings. The molecule has 0 saturated carbocycles. The molecule has 0 saturated heterocycles. The summed E-state index contributed by atoms with van der Waals surface area (Å²) in [6.07, 6.45) is 3.88. The van der Waals surface area contributed by atoms with E-state index >= 15 is 0 Å². The van der Waals surface area contributed by atoms with Gasteiger partial charge in [-0.3, -0.25) is 9.29 Å². The second-order valence-corrected chi connectivity index (χ2v) is 6.54. The van der Waals surface area contributed by atoms with E-state index in [2.05, 4.69) is 10.3 Å². The number of hydrogen-bond donors (Lipinski definition) is 1. The number of aromatic nitrogens is 1. The van der Waals surface area contributed by atoms with Crippen LogP contribution in [-0.2, 0) is 10.0 Å². The van der Waals surface area contributed by atoms with Crippen molar-refractivity contribution in [3.8, 4) is 0 Å². The molecule has 0 radical (unpaired) electrons. The summed E-state index contributed by atoms with van der Waals surface area (Å²) in [5, 5.41) is 3.13. The number of benzene rings is 1. The van der Waals surface area contributed by atoms with Crippen molar-refractivity contribution in [2.24, 2.45) is 0 Å². The Kier molecular flexibility index (Phi) is 4.80. The quantitative estimate of drug-likeness (QED) is 0.891. The Morgan fingerprint density at radius 1 is 1.19 bits per heavy atom. The van der Waals surface area contributed by atoms with E-state index in [-0.39, 0.29) is 4.90 Å². The molecule has 2 rings (SSSR count). The number of nitrogens with zero attached hydrogens (tertiary/aromatic N) is 2. The average Bonchev–Trinajstić information content (AvgIpc) is 2.53. The van der Waals surface area contributed by atoms with Gasteiger partial charge in [0.1, 0.15) is 4.90 Å². The van der Waals surface area contributed by atoms with Gasteiger partial charge in [-0.2, -0.15) is 0 Å². The van der Waals surface area contributed by atoms with E-state index in [1.165, 1.54) is 10.5 Å². The Hall–Kier alpha value is -2.08. The van der Waals surface area contributed by atoms with Crippen molar-refractivity contribution in [2.75, 3.05) is 23.2 Å². The highest BCUT2D eigenvalue weighted by molar-refractivity contribution is 7.93. The maximum Gasteiger partial charge on any atom is 0.267 e. The van der Waals surface area contributed by atoms with Crippen molar-refractivity contribution >= 4 is 21.4 Å². The van der Waals surface area contributed by atoms with Crippen LogP contribution < -0.4 is 9.62 Å². The first kappa shape index (κ1) is 15.3. The van der Waals surface area contributed by atoms with Crippen molar-refractivity contribution < 1.29 is 8.42 Å². The molecule has 0 atom stereocenters. The lowest BCUT2D eigenvalue weighted by Crippen LogP contribution is -2.27. The molecule has 112 valence electrons. The number of para-hydroxylation sites is 1. The molecule has 1 aromatic carbocycles. The molecule has 0 fully saturated rings. The molecule has 0 amide bonds. The van der Waals surface area contributed by atoms with E-state index in [1.807, 2.05) is 13.0 Å². The van der Waals surface area contributed by atoms with Crippen LogP contribution in [0.4, 0.5) is 11.4 Å². The third-order valence-electron chi connectivity index (χ3n) is 3.11. The van der Waals surface area contributed by atoms with Gasteiger partial charge < -0.3 is 5.32 Å². The van der Waals surface area contributed by atoms with Gasteiger partial charge in [0.15, 0.2) is 0 Å². The molecule has 0 bridgehead atoms. The van der Waals surface area contributed by atoms with Crippen LogP contribution in [0.25, 0.3) is 0 Å². The number of nitrogens with one attached hydrogen (secondary N) is 1. The van der Waals surface area contributed by atoms with Gasteiger partial charge in [0, 0.05) is 26.0 Å². The molecule has 5 nitrogen and oxygen atoms in total. The molecule has 6 heteroatoms. The normalized spacial score (nSPS) is 11.1. The summed E-state index contributed by atoms with van der Waals surface area (Å²) in [6, 6.07) is 10.7. The summed E-state index contributed by atoms with van der Waals surface area (Å²) in [6.45, 7) is 2.74. The zero-order valence-electron chi connectivity index (χ0n) is 12.2. The molecule has 0 unspecified atom stereocenters. The first-order valence-electron chi connectivity index (χ1n) is 6.79. The van der Waals surface area contributed by atoms with Crippen LogP contribution in [0.5, 0.6) is 0 Å². The highest BCUT2D eigenvalue weighted by Crippen LogP contribution is 2.26. The van der Waals surface area contributed by atoms with Gasteiger partial charge in [-0.25, -0.2) is 8.42 Å². The molecule has 0 aliphatic rings. The van der Waals surface area contributed by atoms with Gasteiger partial charge in [-0.1, -0.05) is 25.1 Å². The number of anilines is 2. The summed E-state index contributed by atoms with van der Waals surface area (Å²) in [5.41, 5.74) is 1.19. The van der Waals surface area contributed by atoms with Crippen molar-refractivity contribution in [1.82, 2.24) is 4.98 Å². The van der Waals surface area contributed by atoms with Crippen molar-refractivity contribution in [3.63, 3.8) is 0 Å². The van der Waals surface area contributed by atoms with Crippen LogP contribution >= 0.6 is 0 Å². The highest BCUT2D eigenvalue weighted by atomic mass is 32.2. The number of rotatable bonds is 6. The first-order chi connectivity index (χ1) is 10.1. The average molecular weight is 305 g/mol. The Morgan fingerprint density at radius 3 is 2.57 bits per heavy atom. The number of sulfonamides is 1. The van der Waals surface area contributed by atoms with Crippen molar-refractivity contribution in [2.45, 2.75) is 18.2 Å². The zero-order valence-corrected chi connectivity index (χ0v) is 13.0. The van der Waals surface area contributed by atoms with E-state index in [0.717, 1.165) is 6.42 Å². The minimum atomic E-state index is -3.64. The first-order valence-corrected chi connectivity index (χ1v) is 8.23. The molecule has 1 heterocycles. The Bertz CT molecular complexity index is 687. The summed E-state index contributed by atoms with van der Waals surface area (Å²) < 4.78 is 26.8. The van der Waals surface area contributed by atoms with E-state index in [9.17, 15) is 8.42 Å². The van der Waals surface area contributed by atoms with Crippen LogP contribution in [-0.4, -0.2) is 27.0 Å². The molecule has 0 spiro atoms. The second kappa shape index (κ2) is 6.58. The van der Waals surface area contributed by atoms with E-state index in [1.54, 1.807) is 43.6 Å². The van der Waals surface area contributed by atoms with Gasteiger partial charge in [0.25, 0.3) is 10.0 Å². The standard InChI is InChI=1S/C15H19N3O2S/c1-3-10-17-14-9-11-16-12-15(14)21(19,20)18(2)13-7-5-4-6-8-13/h4-9,11-12H,3,10H2,1-2H3,(H,16,17). The SMILES string of the molecule is CCCNc1ccncc1S(=O)(=O)N(C)c1ccccc1. The maximum atomic E-state index is 12.8. The van der Waals surface area contributed by atoms with Crippen LogP contribution in [0, 0.1) is 0 Å². The predicted molar refractivity (Wildman–Crippen MR) is 85.0 cm³/mol. The summed E-state index contributed by atoms with van der Waals surface area (Å²) >= 11 is 0. The summed E-state index contributed by atoms with van der Waals surface area (Å²) in [7, 11) is -2.10. The van der Waals surface area contributed by atoms with Gasteiger partial charge in [0.05, 0.1) is 11.4 Å². The fourth-order valence-corrected chi connectivity index (χ4v) is 3.22. The Morgan fingerprint density at radius 2 is 1.90 bits per heavy atom. The lowest BCUT2D eigenvalue weighted by molar-refractivity contribution is 0.594. The largest absolute Gasteiger partial charge is 0.384 e. The lowest BCUT2D eigenvalue weighted by atomic mass is 10.3. The molecule has 0 aliphatic carbocycles. The summed E-state index contributed by atoms with van der Waals surface area (Å²) in [4.78, 5) is 4.13. The topological polar surface area (TPSA) is 62.3 Å². The smallest absolute Gasteiger partial charge is 0.267 e. The fourth-order valence-electron chi connectivity index (χ4n) is 1.92. The Labute approximate surface area is 125 Å². The second-order valence-electron chi connectivity index (χ2n) is 4.61. The van der Waals surface area contributed by atoms with Gasteiger partial charge >= 0.3 is 0 Å². The molecular formula is C15H19N3O2S. The fraction of sp³-hybridized carbons (Fsp3) is 0.267. The highest BCUT2D eigenvalue weighted by Gasteiger charge is 2.24. The molecule has 1 aromatic heterocycles. The van der Waals surface area contributed by atoms with Crippen LogP contribution in [0.2, 0.25) is 0 Å². The maximum absolute atomic E-state index is 12.8. The van der Waals surface area contributed by atoms with Crippen LogP contribution in [0.15, 0.2) is 53.7 Å². The van der Waals surface area contributed by atoms with Crippen LogP contribution in [0.3, 0.4) is 0 Å². The van der Waals surface area contributed by atoms with Crippen LogP contribution in [0.1, 0.15) is 13.3 Å². The van der Waals surface area contributed by atoms with Gasteiger partial charge in [0.2, 0.25) is 0 Å². The molecule has 21 heavy (non-hydrogen) atoms. The zero-order chi connectivity index (χ0) is 15.3. The van der Waals surface area contributed by atoms with E-state index in [4.69, 9.17) is 0 Å².